The Morgan fingerprint density at radius 3 is 2.63 bits per heavy atom. The molecule has 1 aromatic rings. The number of rotatable bonds is 3. The summed E-state index contributed by atoms with van der Waals surface area (Å²) >= 11 is 3.46. The number of carbonyl (C=O) groups is 1. The Morgan fingerprint density at radius 2 is 2.11 bits per heavy atom. The lowest BCUT2D eigenvalue weighted by Crippen LogP contribution is -2.53. The number of fused-ring (bicyclic) bond motifs is 3. The average molecular weight is 325 g/mol. The van der Waals surface area contributed by atoms with Gasteiger partial charge in [-0.15, -0.1) is 0 Å². The molecule has 0 amide bonds. The number of anilines is 1. The smallest absolute Gasteiger partial charge is 0.335 e. The zero-order valence-electron chi connectivity index (χ0n) is 10.6. The summed E-state index contributed by atoms with van der Waals surface area (Å²) in [6.07, 6.45) is 2.53. The van der Waals surface area contributed by atoms with Crippen LogP contribution in [0.4, 0.5) is 5.69 Å². The van der Waals surface area contributed by atoms with E-state index in [4.69, 9.17) is 5.11 Å². The molecular formula is C14H17BrN2O2. The quantitative estimate of drug-likeness (QED) is 0.897. The summed E-state index contributed by atoms with van der Waals surface area (Å²) in [5, 5.41) is 12.5. The van der Waals surface area contributed by atoms with Crippen molar-refractivity contribution in [2.24, 2.45) is 5.92 Å². The molecule has 0 aromatic heterocycles. The van der Waals surface area contributed by atoms with Gasteiger partial charge in [0.2, 0.25) is 0 Å². The monoisotopic (exact) mass is 324 g/mol. The maximum atomic E-state index is 10.9. The van der Waals surface area contributed by atoms with Crippen molar-refractivity contribution in [3.8, 4) is 0 Å². The van der Waals surface area contributed by atoms with Crippen molar-refractivity contribution >= 4 is 27.6 Å². The molecule has 1 unspecified atom stereocenters. The molecule has 0 spiro atoms. The minimum atomic E-state index is -0.893. The third kappa shape index (κ3) is 2.62. The molecule has 2 bridgehead atoms. The molecule has 19 heavy (non-hydrogen) atoms. The molecule has 3 heterocycles. The number of carboxylic acid groups (broad SMARTS) is 1. The van der Waals surface area contributed by atoms with Gasteiger partial charge in [-0.1, -0.05) is 0 Å². The van der Waals surface area contributed by atoms with E-state index in [1.165, 1.54) is 25.9 Å². The molecule has 3 saturated heterocycles. The SMILES string of the molecule is O=C(O)c1ccc(NC2CN3CCC2CC3)c(Br)c1. The van der Waals surface area contributed by atoms with Gasteiger partial charge in [0.1, 0.15) is 0 Å². The second kappa shape index (κ2) is 5.13. The third-order valence-electron chi connectivity index (χ3n) is 4.21. The summed E-state index contributed by atoms with van der Waals surface area (Å²) < 4.78 is 0.823. The highest BCUT2D eigenvalue weighted by Crippen LogP contribution is 2.32. The van der Waals surface area contributed by atoms with Gasteiger partial charge in [0, 0.05) is 22.7 Å². The summed E-state index contributed by atoms with van der Waals surface area (Å²) in [6.45, 7) is 3.54. The van der Waals surface area contributed by atoms with E-state index in [-0.39, 0.29) is 0 Å². The predicted molar refractivity (Wildman–Crippen MR) is 77.7 cm³/mol. The molecule has 5 heteroatoms. The van der Waals surface area contributed by atoms with Gasteiger partial charge in [-0.25, -0.2) is 4.79 Å². The second-order valence-corrected chi connectivity index (χ2v) is 6.24. The lowest BCUT2D eigenvalue weighted by molar-refractivity contribution is 0.0697. The topological polar surface area (TPSA) is 52.6 Å². The van der Waals surface area contributed by atoms with Gasteiger partial charge in [-0.05, 0) is 66.0 Å². The Morgan fingerprint density at radius 1 is 1.37 bits per heavy atom. The number of aromatic carboxylic acids is 1. The lowest BCUT2D eigenvalue weighted by Gasteiger charge is -2.45. The standard InChI is InChI=1S/C14H17BrN2O2/c15-11-7-10(14(18)19)1-2-12(11)16-13-8-17-5-3-9(13)4-6-17/h1-2,7,9,13,16H,3-6,8H2,(H,18,19). The van der Waals surface area contributed by atoms with E-state index in [0.717, 1.165) is 22.6 Å². The summed E-state index contributed by atoms with van der Waals surface area (Å²) in [7, 11) is 0. The molecule has 1 aromatic carbocycles. The zero-order valence-corrected chi connectivity index (χ0v) is 12.2. The van der Waals surface area contributed by atoms with Crippen LogP contribution in [-0.4, -0.2) is 41.7 Å². The fourth-order valence-electron chi connectivity index (χ4n) is 3.09. The van der Waals surface area contributed by atoms with Crippen molar-refractivity contribution in [1.29, 1.82) is 0 Å². The second-order valence-electron chi connectivity index (χ2n) is 5.39. The van der Waals surface area contributed by atoms with Crippen LogP contribution in [-0.2, 0) is 0 Å². The fourth-order valence-corrected chi connectivity index (χ4v) is 3.59. The van der Waals surface area contributed by atoms with Crippen molar-refractivity contribution in [3.63, 3.8) is 0 Å². The highest BCUT2D eigenvalue weighted by Gasteiger charge is 2.34. The van der Waals surface area contributed by atoms with Crippen LogP contribution in [0.1, 0.15) is 23.2 Å². The van der Waals surface area contributed by atoms with Gasteiger partial charge >= 0.3 is 5.97 Å². The minimum absolute atomic E-state index is 0.311. The van der Waals surface area contributed by atoms with Crippen molar-refractivity contribution in [2.45, 2.75) is 18.9 Å². The lowest BCUT2D eigenvalue weighted by atomic mass is 9.84. The molecule has 4 nitrogen and oxygen atoms in total. The molecule has 0 radical (unpaired) electrons. The maximum absolute atomic E-state index is 10.9. The third-order valence-corrected chi connectivity index (χ3v) is 4.87. The van der Waals surface area contributed by atoms with Crippen LogP contribution >= 0.6 is 15.9 Å². The van der Waals surface area contributed by atoms with Gasteiger partial charge in [-0.3, -0.25) is 0 Å². The van der Waals surface area contributed by atoms with Crippen LogP contribution in [0.3, 0.4) is 0 Å². The molecule has 3 aliphatic rings. The van der Waals surface area contributed by atoms with Crippen molar-refractivity contribution in [2.75, 3.05) is 25.0 Å². The Balaban J connectivity index is 1.75. The molecule has 0 saturated carbocycles. The summed E-state index contributed by atoms with van der Waals surface area (Å²) in [4.78, 5) is 13.4. The highest BCUT2D eigenvalue weighted by molar-refractivity contribution is 9.10. The molecule has 0 aliphatic carbocycles. The number of benzene rings is 1. The number of nitrogens with one attached hydrogen (secondary N) is 1. The van der Waals surface area contributed by atoms with E-state index in [1.54, 1.807) is 12.1 Å². The van der Waals surface area contributed by atoms with Gasteiger partial charge in [0.05, 0.1) is 5.56 Å². The van der Waals surface area contributed by atoms with Crippen LogP contribution < -0.4 is 5.32 Å². The Labute approximate surface area is 120 Å². The van der Waals surface area contributed by atoms with Crippen molar-refractivity contribution in [3.05, 3.63) is 28.2 Å². The van der Waals surface area contributed by atoms with Crippen LogP contribution in [0.15, 0.2) is 22.7 Å². The van der Waals surface area contributed by atoms with E-state index in [0.29, 0.717) is 11.6 Å². The zero-order chi connectivity index (χ0) is 13.4. The average Bonchev–Trinajstić information content (AvgIpc) is 2.42. The normalized spacial score (nSPS) is 29.2. The van der Waals surface area contributed by atoms with E-state index >= 15 is 0 Å². The number of hydrogen-bond acceptors (Lipinski definition) is 3. The maximum Gasteiger partial charge on any atom is 0.335 e. The van der Waals surface area contributed by atoms with Crippen LogP contribution in [0.2, 0.25) is 0 Å². The highest BCUT2D eigenvalue weighted by atomic mass is 79.9. The number of hydrogen-bond donors (Lipinski definition) is 2. The van der Waals surface area contributed by atoms with Gasteiger partial charge in [0.15, 0.2) is 0 Å². The van der Waals surface area contributed by atoms with Crippen molar-refractivity contribution < 1.29 is 9.90 Å². The first-order chi connectivity index (χ1) is 9.13. The summed E-state index contributed by atoms with van der Waals surface area (Å²) in [6, 6.07) is 5.64. The Hall–Kier alpha value is -1.07. The number of nitrogens with zero attached hydrogens (tertiary/aromatic N) is 1. The number of piperidine rings is 3. The van der Waals surface area contributed by atoms with Gasteiger partial charge in [-0.2, -0.15) is 0 Å². The largest absolute Gasteiger partial charge is 0.478 e. The molecule has 3 fully saturated rings. The van der Waals surface area contributed by atoms with Crippen LogP contribution in [0, 0.1) is 5.92 Å². The number of halogens is 1. The first kappa shape index (κ1) is 12.9. The predicted octanol–water partition coefficient (Wildman–Crippen LogP) is 2.65. The van der Waals surface area contributed by atoms with E-state index in [1.807, 2.05) is 6.07 Å². The molecular weight excluding hydrogens is 308 g/mol. The molecule has 102 valence electrons. The van der Waals surface area contributed by atoms with E-state index in [9.17, 15) is 4.79 Å². The molecule has 3 aliphatic heterocycles. The Bertz CT molecular complexity index is 498. The van der Waals surface area contributed by atoms with E-state index < -0.39 is 5.97 Å². The first-order valence-corrected chi connectivity index (χ1v) is 7.44. The van der Waals surface area contributed by atoms with Gasteiger partial charge < -0.3 is 15.3 Å². The summed E-state index contributed by atoms with van der Waals surface area (Å²) in [5.74, 6) is -0.147. The molecule has 1 atom stereocenters. The van der Waals surface area contributed by atoms with Gasteiger partial charge in [0.25, 0.3) is 0 Å². The first-order valence-electron chi connectivity index (χ1n) is 6.65. The number of carboxylic acids is 1. The van der Waals surface area contributed by atoms with E-state index in [2.05, 4.69) is 26.1 Å². The fraction of sp³-hybridized carbons (Fsp3) is 0.500. The van der Waals surface area contributed by atoms with Crippen LogP contribution in [0.5, 0.6) is 0 Å². The van der Waals surface area contributed by atoms with Crippen molar-refractivity contribution in [1.82, 2.24) is 4.90 Å². The Kier molecular flexibility index (Phi) is 3.50. The summed E-state index contributed by atoms with van der Waals surface area (Å²) in [5.41, 5.74) is 1.30. The molecule has 4 rings (SSSR count). The van der Waals surface area contributed by atoms with Crippen LogP contribution in [0.25, 0.3) is 0 Å². The molecule has 2 N–H and O–H groups in total. The minimum Gasteiger partial charge on any atom is -0.478 e.